The predicted molar refractivity (Wildman–Crippen MR) is 55.3 cm³/mol. The number of carbonyl (C=O) groups is 2. The summed E-state index contributed by atoms with van der Waals surface area (Å²) in [6, 6.07) is -0.492. The molecule has 0 aromatic carbocycles. The third-order valence-corrected chi connectivity index (χ3v) is 1.87. The van der Waals surface area contributed by atoms with E-state index >= 15 is 0 Å². The molecule has 0 aromatic rings. The average Bonchev–Trinajstić information content (AvgIpc) is 2.25. The molecular formula is C10H19NO4. The summed E-state index contributed by atoms with van der Waals surface area (Å²) in [6.07, 6.45) is 1.84. The molecule has 0 bridgehead atoms. The first-order valence-corrected chi connectivity index (χ1v) is 5.08. The van der Waals surface area contributed by atoms with Gasteiger partial charge in [0.25, 0.3) is 0 Å². The van der Waals surface area contributed by atoms with Crippen LogP contribution in [-0.2, 0) is 19.1 Å². The topological polar surface area (TPSA) is 64.6 Å². The lowest BCUT2D eigenvalue weighted by atomic mass is 10.3. The highest BCUT2D eigenvalue weighted by molar-refractivity contribution is 5.77. The zero-order chi connectivity index (χ0) is 11.7. The summed E-state index contributed by atoms with van der Waals surface area (Å²) in [5.41, 5.74) is 0. The monoisotopic (exact) mass is 217 g/mol. The standard InChI is InChI=1S/C10H19NO4/c1-4-5-6-15-9(12)7-11-8(2)10(13)14-3/h8,11H,4-7H2,1-3H3. The van der Waals surface area contributed by atoms with E-state index in [9.17, 15) is 9.59 Å². The lowest BCUT2D eigenvalue weighted by molar-refractivity contribution is -0.144. The van der Waals surface area contributed by atoms with E-state index in [1.807, 2.05) is 6.92 Å². The Morgan fingerprint density at radius 1 is 1.40 bits per heavy atom. The maximum Gasteiger partial charge on any atom is 0.322 e. The highest BCUT2D eigenvalue weighted by Gasteiger charge is 2.13. The molecule has 0 saturated heterocycles. The van der Waals surface area contributed by atoms with Gasteiger partial charge in [-0.15, -0.1) is 0 Å². The zero-order valence-electron chi connectivity index (χ0n) is 9.54. The average molecular weight is 217 g/mol. The molecule has 0 spiro atoms. The normalized spacial score (nSPS) is 11.9. The van der Waals surface area contributed by atoms with Crippen LogP contribution in [0.15, 0.2) is 0 Å². The van der Waals surface area contributed by atoms with Crippen LogP contribution in [0, 0.1) is 0 Å². The van der Waals surface area contributed by atoms with Crippen molar-refractivity contribution < 1.29 is 19.1 Å². The fourth-order valence-corrected chi connectivity index (χ4v) is 0.878. The molecule has 0 aliphatic carbocycles. The molecule has 88 valence electrons. The molecule has 1 N–H and O–H groups in total. The lowest BCUT2D eigenvalue weighted by Gasteiger charge is -2.10. The fraction of sp³-hybridized carbons (Fsp3) is 0.800. The molecule has 0 amide bonds. The van der Waals surface area contributed by atoms with Gasteiger partial charge in [0.05, 0.1) is 20.3 Å². The Labute approximate surface area is 90.1 Å². The number of ether oxygens (including phenoxy) is 2. The maximum atomic E-state index is 11.1. The molecule has 0 saturated carbocycles. The van der Waals surface area contributed by atoms with Crippen LogP contribution in [0.3, 0.4) is 0 Å². The van der Waals surface area contributed by atoms with Gasteiger partial charge in [0.2, 0.25) is 0 Å². The molecule has 0 aliphatic heterocycles. The van der Waals surface area contributed by atoms with Crippen LogP contribution in [0.2, 0.25) is 0 Å². The van der Waals surface area contributed by atoms with Crippen LogP contribution in [0.4, 0.5) is 0 Å². The van der Waals surface area contributed by atoms with E-state index in [2.05, 4.69) is 10.1 Å². The van der Waals surface area contributed by atoms with Gasteiger partial charge in [-0.1, -0.05) is 13.3 Å². The van der Waals surface area contributed by atoms with Crippen LogP contribution in [-0.4, -0.2) is 38.2 Å². The number of unbranched alkanes of at least 4 members (excludes halogenated alkanes) is 1. The molecule has 5 nitrogen and oxygen atoms in total. The van der Waals surface area contributed by atoms with Crippen molar-refractivity contribution in [1.29, 1.82) is 0 Å². The minimum atomic E-state index is -0.492. The summed E-state index contributed by atoms with van der Waals surface area (Å²) < 4.78 is 9.38. The summed E-state index contributed by atoms with van der Waals surface area (Å²) in [4.78, 5) is 22.0. The third kappa shape index (κ3) is 6.90. The van der Waals surface area contributed by atoms with Crippen molar-refractivity contribution in [2.45, 2.75) is 32.7 Å². The molecule has 0 fully saturated rings. The van der Waals surface area contributed by atoms with Gasteiger partial charge in [0.1, 0.15) is 6.04 Å². The van der Waals surface area contributed by atoms with Crippen LogP contribution < -0.4 is 5.32 Å². The summed E-state index contributed by atoms with van der Waals surface area (Å²) in [6.45, 7) is 4.11. The zero-order valence-corrected chi connectivity index (χ0v) is 9.54. The minimum Gasteiger partial charge on any atom is -0.468 e. The van der Waals surface area contributed by atoms with Gasteiger partial charge in [-0.3, -0.25) is 14.9 Å². The first kappa shape index (κ1) is 13.9. The Morgan fingerprint density at radius 2 is 2.07 bits per heavy atom. The van der Waals surface area contributed by atoms with Crippen molar-refractivity contribution >= 4 is 11.9 Å². The van der Waals surface area contributed by atoms with Crippen molar-refractivity contribution in [2.75, 3.05) is 20.3 Å². The van der Waals surface area contributed by atoms with Gasteiger partial charge in [-0.25, -0.2) is 0 Å². The van der Waals surface area contributed by atoms with Gasteiger partial charge >= 0.3 is 11.9 Å². The van der Waals surface area contributed by atoms with Gasteiger partial charge in [0.15, 0.2) is 0 Å². The summed E-state index contributed by atoms with van der Waals surface area (Å²) in [5.74, 6) is -0.740. The molecule has 0 rings (SSSR count). The number of hydrogen-bond donors (Lipinski definition) is 1. The fourth-order valence-electron chi connectivity index (χ4n) is 0.878. The highest BCUT2D eigenvalue weighted by Crippen LogP contribution is 1.89. The number of rotatable bonds is 7. The highest BCUT2D eigenvalue weighted by atomic mass is 16.5. The van der Waals surface area contributed by atoms with E-state index in [1.165, 1.54) is 7.11 Å². The van der Waals surface area contributed by atoms with Crippen LogP contribution in [0.1, 0.15) is 26.7 Å². The number of hydrogen-bond acceptors (Lipinski definition) is 5. The van der Waals surface area contributed by atoms with E-state index in [0.29, 0.717) is 6.61 Å². The summed E-state index contributed by atoms with van der Waals surface area (Å²) >= 11 is 0. The summed E-state index contributed by atoms with van der Waals surface area (Å²) in [5, 5.41) is 2.71. The Morgan fingerprint density at radius 3 is 2.60 bits per heavy atom. The second kappa shape index (κ2) is 8.23. The van der Waals surface area contributed by atoms with Gasteiger partial charge < -0.3 is 9.47 Å². The number of nitrogens with one attached hydrogen (secondary N) is 1. The quantitative estimate of drug-likeness (QED) is 0.496. The van der Waals surface area contributed by atoms with Crippen LogP contribution >= 0.6 is 0 Å². The largest absolute Gasteiger partial charge is 0.468 e. The van der Waals surface area contributed by atoms with Crippen LogP contribution in [0.25, 0.3) is 0 Å². The minimum absolute atomic E-state index is 0.0278. The van der Waals surface area contributed by atoms with E-state index in [1.54, 1.807) is 6.92 Å². The third-order valence-electron chi connectivity index (χ3n) is 1.87. The van der Waals surface area contributed by atoms with E-state index in [-0.39, 0.29) is 12.5 Å². The van der Waals surface area contributed by atoms with E-state index in [0.717, 1.165) is 12.8 Å². The number of methoxy groups -OCH3 is 1. The second-order valence-corrected chi connectivity index (χ2v) is 3.20. The predicted octanol–water partition coefficient (Wildman–Crippen LogP) is 0.481. The molecular weight excluding hydrogens is 198 g/mol. The first-order chi connectivity index (χ1) is 7.11. The second-order valence-electron chi connectivity index (χ2n) is 3.20. The molecule has 0 aliphatic rings. The van der Waals surface area contributed by atoms with Crippen molar-refractivity contribution in [2.24, 2.45) is 0 Å². The van der Waals surface area contributed by atoms with Gasteiger partial charge in [-0.2, -0.15) is 0 Å². The Bertz CT molecular complexity index is 206. The Hall–Kier alpha value is -1.10. The van der Waals surface area contributed by atoms with E-state index < -0.39 is 12.0 Å². The van der Waals surface area contributed by atoms with E-state index in [4.69, 9.17) is 4.74 Å². The molecule has 0 radical (unpaired) electrons. The molecule has 0 aromatic heterocycles. The maximum absolute atomic E-state index is 11.1. The first-order valence-electron chi connectivity index (χ1n) is 5.08. The van der Waals surface area contributed by atoms with Crippen LogP contribution in [0.5, 0.6) is 0 Å². The molecule has 5 heteroatoms. The van der Waals surface area contributed by atoms with Gasteiger partial charge in [-0.05, 0) is 13.3 Å². The Kier molecular flexibility index (Phi) is 7.62. The number of carbonyl (C=O) groups excluding carboxylic acids is 2. The molecule has 0 heterocycles. The van der Waals surface area contributed by atoms with Crippen molar-refractivity contribution in [1.82, 2.24) is 5.32 Å². The summed E-state index contributed by atoms with van der Waals surface area (Å²) in [7, 11) is 1.31. The molecule has 1 unspecified atom stereocenters. The van der Waals surface area contributed by atoms with Crippen molar-refractivity contribution in [3.05, 3.63) is 0 Å². The van der Waals surface area contributed by atoms with Crippen molar-refractivity contribution in [3.63, 3.8) is 0 Å². The smallest absolute Gasteiger partial charge is 0.322 e. The molecule has 15 heavy (non-hydrogen) atoms. The molecule has 1 atom stereocenters. The lowest BCUT2D eigenvalue weighted by Crippen LogP contribution is -2.38. The Balaban J connectivity index is 3.57. The SMILES string of the molecule is CCCCOC(=O)CNC(C)C(=O)OC. The van der Waals surface area contributed by atoms with Crippen molar-refractivity contribution in [3.8, 4) is 0 Å². The van der Waals surface area contributed by atoms with Gasteiger partial charge in [0, 0.05) is 0 Å². The number of esters is 2.